The van der Waals surface area contributed by atoms with Gasteiger partial charge < -0.3 is 10.1 Å². The van der Waals surface area contributed by atoms with Gasteiger partial charge in [0.2, 0.25) is 5.91 Å². The first kappa shape index (κ1) is 15.0. The van der Waals surface area contributed by atoms with E-state index in [0.717, 1.165) is 12.8 Å². The van der Waals surface area contributed by atoms with Crippen LogP contribution in [0.2, 0.25) is 0 Å². The van der Waals surface area contributed by atoms with E-state index in [-0.39, 0.29) is 24.2 Å². The van der Waals surface area contributed by atoms with Gasteiger partial charge in [0.25, 0.3) is 0 Å². The molecule has 0 bridgehead atoms. The molecule has 4 nitrogen and oxygen atoms in total. The maximum absolute atomic E-state index is 11.9. The molecule has 0 unspecified atom stereocenters. The number of nitrogens with one attached hydrogen (secondary N) is 1. The molecule has 18 heavy (non-hydrogen) atoms. The number of amides is 1. The summed E-state index contributed by atoms with van der Waals surface area (Å²) in [6.07, 6.45) is 4.64. The summed E-state index contributed by atoms with van der Waals surface area (Å²) in [6, 6.07) is 0.304. The highest BCUT2D eigenvalue weighted by Gasteiger charge is 2.24. The third-order valence-electron chi connectivity index (χ3n) is 3.04. The molecular formula is C14H25NO3. The molecule has 0 spiro atoms. The molecule has 1 saturated carbocycles. The van der Waals surface area contributed by atoms with Crippen LogP contribution >= 0.6 is 0 Å². The van der Waals surface area contributed by atoms with Crippen molar-refractivity contribution in [3.8, 4) is 0 Å². The number of hydrogen-bond donors (Lipinski definition) is 1. The van der Waals surface area contributed by atoms with Gasteiger partial charge in [-0.2, -0.15) is 0 Å². The fourth-order valence-corrected chi connectivity index (χ4v) is 2.14. The molecular weight excluding hydrogens is 230 g/mol. The van der Waals surface area contributed by atoms with Crippen LogP contribution in [0, 0.1) is 5.92 Å². The Morgan fingerprint density at radius 3 is 2.33 bits per heavy atom. The van der Waals surface area contributed by atoms with E-state index in [1.807, 2.05) is 20.8 Å². The molecule has 0 aromatic carbocycles. The van der Waals surface area contributed by atoms with Gasteiger partial charge in [0.1, 0.15) is 5.60 Å². The normalized spacial score (nSPS) is 18.4. The molecule has 0 heterocycles. The highest BCUT2D eigenvalue weighted by Crippen LogP contribution is 2.18. The van der Waals surface area contributed by atoms with Gasteiger partial charge in [-0.1, -0.05) is 19.8 Å². The van der Waals surface area contributed by atoms with Gasteiger partial charge in [0, 0.05) is 12.0 Å². The maximum atomic E-state index is 11.9. The van der Waals surface area contributed by atoms with Crippen LogP contribution in [0.25, 0.3) is 0 Å². The molecule has 0 aromatic rings. The molecule has 1 atom stereocenters. The van der Waals surface area contributed by atoms with Gasteiger partial charge in [-0.05, 0) is 33.6 Å². The van der Waals surface area contributed by atoms with Crippen molar-refractivity contribution >= 4 is 11.9 Å². The van der Waals surface area contributed by atoms with Crippen molar-refractivity contribution in [3.63, 3.8) is 0 Å². The fourth-order valence-electron chi connectivity index (χ4n) is 2.14. The van der Waals surface area contributed by atoms with E-state index >= 15 is 0 Å². The minimum absolute atomic E-state index is 0.0345. The summed E-state index contributed by atoms with van der Waals surface area (Å²) in [4.78, 5) is 23.5. The summed E-state index contributed by atoms with van der Waals surface area (Å²) in [7, 11) is 0. The zero-order valence-electron chi connectivity index (χ0n) is 11.9. The van der Waals surface area contributed by atoms with E-state index in [2.05, 4.69) is 5.32 Å². The number of hydrogen-bond acceptors (Lipinski definition) is 3. The molecule has 1 amide bonds. The van der Waals surface area contributed by atoms with Crippen molar-refractivity contribution in [1.82, 2.24) is 5.32 Å². The first-order chi connectivity index (χ1) is 8.28. The van der Waals surface area contributed by atoms with Gasteiger partial charge in [-0.15, -0.1) is 0 Å². The van der Waals surface area contributed by atoms with E-state index in [9.17, 15) is 9.59 Å². The van der Waals surface area contributed by atoms with Crippen LogP contribution in [0.1, 0.15) is 59.8 Å². The van der Waals surface area contributed by atoms with Gasteiger partial charge in [-0.3, -0.25) is 9.59 Å². The van der Waals surface area contributed by atoms with Crippen LogP contribution in [0.15, 0.2) is 0 Å². The maximum Gasteiger partial charge on any atom is 0.307 e. The van der Waals surface area contributed by atoms with Crippen molar-refractivity contribution in [2.75, 3.05) is 0 Å². The third-order valence-corrected chi connectivity index (χ3v) is 3.04. The molecule has 4 heteroatoms. The zero-order valence-corrected chi connectivity index (χ0v) is 11.9. The predicted octanol–water partition coefficient (Wildman–Crippen LogP) is 2.41. The average Bonchev–Trinajstić information content (AvgIpc) is 2.66. The Morgan fingerprint density at radius 2 is 1.83 bits per heavy atom. The Labute approximate surface area is 109 Å². The van der Waals surface area contributed by atoms with Crippen molar-refractivity contribution < 1.29 is 14.3 Å². The van der Waals surface area contributed by atoms with E-state index in [1.165, 1.54) is 12.8 Å². The van der Waals surface area contributed by atoms with Crippen molar-refractivity contribution in [3.05, 3.63) is 0 Å². The monoisotopic (exact) mass is 255 g/mol. The molecule has 1 fully saturated rings. The van der Waals surface area contributed by atoms with Crippen molar-refractivity contribution in [2.24, 2.45) is 5.92 Å². The SMILES string of the molecule is C[C@@H](CC(=O)OC(C)(C)C)C(=O)NC1CCCC1. The minimum atomic E-state index is -0.487. The van der Waals surface area contributed by atoms with E-state index in [0.29, 0.717) is 6.04 Å². The van der Waals surface area contributed by atoms with Crippen LogP contribution in [0.4, 0.5) is 0 Å². The largest absolute Gasteiger partial charge is 0.460 e. The average molecular weight is 255 g/mol. The second-order valence-corrected chi connectivity index (χ2v) is 6.18. The lowest BCUT2D eigenvalue weighted by Crippen LogP contribution is -2.37. The summed E-state index contributed by atoms with van der Waals surface area (Å²) < 4.78 is 5.21. The lowest BCUT2D eigenvalue weighted by Gasteiger charge is -2.21. The number of ether oxygens (including phenoxy) is 1. The van der Waals surface area contributed by atoms with E-state index in [1.54, 1.807) is 6.92 Å². The number of esters is 1. The summed E-state index contributed by atoms with van der Waals surface area (Å²) >= 11 is 0. The fraction of sp³-hybridized carbons (Fsp3) is 0.857. The van der Waals surface area contributed by atoms with E-state index < -0.39 is 5.60 Å². The van der Waals surface area contributed by atoms with Gasteiger partial charge in [-0.25, -0.2) is 0 Å². The van der Waals surface area contributed by atoms with Crippen LogP contribution in [0.5, 0.6) is 0 Å². The standard InChI is InChI=1S/C14H25NO3/c1-10(9-12(16)18-14(2,3)4)13(17)15-11-7-5-6-8-11/h10-11H,5-9H2,1-4H3,(H,15,17)/t10-/m0/s1. The second-order valence-electron chi connectivity index (χ2n) is 6.18. The van der Waals surface area contributed by atoms with Crippen LogP contribution in [-0.2, 0) is 14.3 Å². The molecule has 0 radical (unpaired) electrons. The molecule has 0 aliphatic heterocycles. The first-order valence-electron chi connectivity index (χ1n) is 6.80. The van der Waals surface area contributed by atoms with Gasteiger partial charge in [0.15, 0.2) is 0 Å². The summed E-state index contributed by atoms with van der Waals surface area (Å²) in [6.45, 7) is 7.25. The lowest BCUT2D eigenvalue weighted by atomic mass is 10.1. The van der Waals surface area contributed by atoms with Crippen LogP contribution in [-0.4, -0.2) is 23.5 Å². The predicted molar refractivity (Wildman–Crippen MR) is 70.0 cm³/mol. The third kappa shape index (κ3) is 5.52. The summed E-state index contributed by atoms with van der Waals surface area (Å²) in [5.74, 6) is -0.662. The van der Waals surface area contributed by atoms with Gasteiger partial charge in [0.05, 0.1) is 6.42 Å². The summed E-state index contributed by atoms with van der Waals surface area (Å²) in [5.41, 5.74) is -0.487. The quantitative estimate of drug-likeness (QED) is 0.785. The smallest absolute Gasteiger partial charge is 0.307 e. The highest BCUT2D eigenvalue weighted by molar-refractivity contribution is 5.83. The molecule has 0 aromatic heterocycles. The number of carbonyl (C=O) groups is 2. The Bertz CT molecular complexity index is 301. The van der Waals surface area contributed by atoms with Crippen molar-refractivity contribution in [2.45, 2.75) is 71.4 Å². The molecule has 1 aliphatic rings. The number of carbonyl (C=O) groups excluding carboxylic acids is 2. The topological polar surface area (TPSA) is 55.4 Å². The van der Waals surface area contributed by atoms with Crippen LogP contribution < -0.4 is 5.32 Å². The van der Waals surface area contributed by atoms with E-state index in [4.69, 9.17) is 4.74 Å². The second kappa shape index (κ2) is 6.21. The Hall–Kier alpha value is -1.06. The minimum Gasteiger partial charge on any atom is -0.460 e. The number of rotatable bonds is 4. The molecule has 1 rings (SSSR count). The highest BCUT2D eigenvalue weighted by atomic mass is 16.6. The summed E-state index contributed by atoms with van der Waals surface area (Å²) in [5, 5.41) is 3.00. The van der Waals surface area contributed by atoms with Crippen molar-refractivity contribution in [1.29, 1.82) is 0 Å². The molecule has 104 valence electrons. The molecule has 0 saturated heterocycles. The van der Waals surface area contributed by atoms with Crippen LogP contribution in [0.3, 0.4) is 0 Å². The Morgan fingerprint density at radius 1 is 1.28 bits per heavy atom. The first-order valence-corrected chi connectivity index (χ1v) is 6.80. The zero-order chi connectivity index (χ0) is 13.8. The Kier molecular flexibility index (Phi) is 5.17. The Balaban J connectivity index is 2.32. The molecule has 1 aliphatic carbocycles. The lowest BCUT2D eigenvalue weighted by molar-refractivity contribution is -0.157. The molecule has 1 N–H and O–H groups in total. The van der Waals surface area contributed by atoms with Gasteiger partial charge >= 0.3 is 5.97 Å².